The van der Waals surface area contributed by atoms with E-state index in [0.717, 1.165) is 71.5 Å². The zero-order chi connectivity index (χ0) is 30.4. The smallest absolute Gasteiger partial charge is 0.204 e. The van der Waals surface area contributed by atoms with Crippen molar-refractivity contribution in [3.63, 3.8) is 0 Å². The molecule has 3 heterocycles. The summed E-state index contributed by atoms with van der Waals surface area (Å²) in [6.07, 6.45) is 3.13. The van der Waals surface area contributed by atoms with Crippen LogP contribution >= 0.6 is 0 Å². The van der Waals surface area contributed by atoms with E-state index in [1.807, 2.05) is 12.1 Å². The molecule has 2 atom stereocenters. The van der Waals surface area contributed by atoms with Crippen LogP contribution < -0.4 is 34.3 Å². The first-order chi connectivity index (χ1) is 21.5. The van der Waals surface area contributed by atoms with Crippen molar-refractivity contribution in [2.75, 3.05) is 41.5 Å². The molecule has 7 rings (SSSR count). The third-order valence-electron chi connectivity index (χ3n) is 9.18. The lowest BCUT2D eigenvalue weighted by atomic mass is 9.87. The quantitative estimate of drug-likeness (QED) is 0.263. The van der Waals surface area contributed by atoms with Crippen LogP contribution in [0, 0.1) is 0 Å². The predicted molar refractivity (Wildman–Crippen MR) is 169 cm³/mol. The van der Waals surface area contributed by atoms with Gasteiger partial charge >= 0.3 is 0 Å². The molecule has 228 valence electrons. The summed E-state index contributed by atoms with van der Waals surface area (Å²) in [7, 11) is 6.65. The van der Waals surface area contributed by atoms with Gasteiger partial charge in [0, 0.05) is 28.8 Å². The molecule has 8 heteroatoms. The van der Waals surface area contributed by atoms with Crippen molar-refractivity contribution in [2.45, 2.75) is 37.8 Å². The zero-order valence-electron chi connectivity index (χ0n) is 25.6. The van der Waals surface area contributed by atoms with Crippen LogP contribution in [0.3, 0.4) is 0 Å². The monoisotopic (exact) mass is 594 g/mol. The molecule has 0 saturated carbocycles. The van der Waals surface area contributed by atoms with E-state index >= 15 is 0 Å². The lowest BCUT2D eigenvalue weighted by Gasteiger charge is -2.32. The summed E-state index contributed by atoms with van der Waals surface area (Å²) < 4.78 is 30.4. The van der Waals surface area contributed by atoms with Crippen LogP contribution in [0.2, 0.25) is 0 Å². The molecular weight excluding hydrogens is 556 g/mol. The Labute approximate surface area is 257 Å². The SMILES string of the molecule is COc1cc2c3cc1Oc1c(OC)c(OC)cc4c1C(Cc1ccc(O)c(c1)-c1cc(ccc1OC)CC3NCC2)NCC4. The maximum Gasteiger partial charge on any atom is 0.204 e. The van der Waals surface area contributed by atoms with E-state index in [9.17, 15) is 5.11 Å². The van der Waals surface area contributed by atoms with Gasteiger partial charge in [0.1, 0.15) is 11.5 Å². The second-order valence-electron chi connectivity index (χ2n) is 11.6. The van der Waals surface area contributed by atoms with Crippen molar-refractivity contribution in [2.24, 2.45) is 0 Å². The molecule has 44 heavy (non-hydrogen) atoms. The number of phenolic OH excluding ortho intramolecular Hbond substituents is 1. The van der Waals surface area contributed by atoms with Crippen molar-refractivity contribution >= 4 is 0 Å². The molecule has 0 aromatic heterocycles. The predicted octanol–water partition coefficient (Wildman–Crippen LogP) is 6.06. The Morgan fingerprint density at radius 2 is 1.34 bits per heavy atom. The Balaban J connectivity index is 1.50. The highest BCUT2D eigenvalue weighted by atomic mass is 16.5. The molecule has 3 aliphatic rings. The Kier molecular flexibility index (Phi) is 7.48. The van der Waals surface area contributed by atoms with E-state index in [1.54, 1.807) is 34.5 Å². The molecule has 8 nitrogen and oxygen atoms in total. The highest BCUT2D eigenvalue weighted by Crippen LogP contribution is 2.50. The maximum absolute atomic E-state index is 11.1. The summed E-state index contributed by atoms with van der Waals surface area (Å²) in [5.74, 6) is 4.05. The third kappa shape index (κ3) is 4.88. The number of hydrogen-bond acceptors (Lipinski definition) is 8. The molecule has 3 aliphatic heterocycles. The van der Waals surface area contributed by atoms with Gasteiger partial charge in [-0.1, -0.05) is 12.1 Å². The minimum absolute atomic E-state index is 0.0524. The molecule has 0 saturated heterocycles. The Morgan fingerprint density at radius 3 is 2.09 bits per heavy atom. The molecule has 0 radical (unpaired) electrons. The lowest BCUT2D eigenvalue weighted by molar-refractivity contribution is 0.322. The minimum Gasteiger partial charge on any atom is -0.507 e. The molecule has 0 fully saturated rings. The molecule has 0 spiro atoms. The topological polar surface area (TPSA) is 90.4 Å². The Bertz CT molecular complexity index is 1730. The molecule has 6 bridgehead atoms. The highest BCUT2D eigenvalue weighted by Gasteiger charge is 2.32. The fourth-order valence-electron chi connectivity index (χ4n) is 7.04. The van der Waals surface area contributed by atoms with E-state index in [4.69, 9.17) is 23.7 Å². The molecule has 0 aliphatic carbocycles. The average Bonchev–Trinajstić information content (AvgIpc) is 3.05. The number of aromatic hydroxyl groups is 1. The van der Waals surface area contributed by atoms with Gasteiger partial charge in [-0.3, -0.25) is 0 Å². The fraction of sp³-hybridized carbons (Fsp3) is 0.333. The molecule has 0 amide bonds. The first-order valence-electron chi connectivity index (χ1n) is 15.1. The van der Waals surface area contributed by atoms with Crippen molar-refractivity contribution in [1.29, 1.82) is 0 Å². The van der Waals surface area contributed by atoms with Crippen LogP contribution in [0.1, 0.15) is 45.5 Å². The van der Waals surface area contributed by atoms with Crippen molar-refractivity contribution in [3.05, 3.63) is 88.0 Å². The highest BCUT2D eigenvalue weighted by molar-refractivity contribution is 5.77. The summed E-state index contributed by atoms with van der Waals surface area (Å²) in [5, 5.41) is 18.5. The van der Waals surface area contributed by atoms with Crippen LogP contribution in [0.5, 0.6) is 40.2 Å². The zero-order valence-corrected chi connectivity index (χ0v) is 25.6. The van der Waals surface area contributed by atoms with E-state index in [0.29, 0.717) is 35.2 Å². The molecule has 4 aromatic rings. The van der Waals surface area contributed by atoms with Gasteiger partial charge in [-0.25, -0.2) is 0 Å². The number of fused-ring (bicyclic) bond motifs is 6. The normalized spacial score (nSPS) is 18.5. The van der Waals surface area contributed by atoms with Crippen LogP contribution in [-0.2, 0) is 25.7 Å². The molecule has 3 N–H and O–H groups in total. The average molecular weight is 595 g/mol. The number of benzene rings is 4. The van der Waals surface area contributed by atoms with Crippen LogP contribution in [0.15, 0.2) is 54.6 Å². The maximum atomic E-state index is 11.1. The van der Waals surface area contributed by atoms with E-state index in [2.05, 4.69) is 47.0 Å². The van der Waals surface area contributed by atoms with Gasteiger partial charge in [0.2, 0.25) is 5.75 Å². The van der Waals surface area contributed by atoms with Crippen molar-refractivity contribution in [1.82, 2.24) is 10.6 Å². The first kappa shape index (κ1) is 28.4. The van der Waals surface area contributed by atoms with Gasteiger partial charge in [-0.2, -0.15) is 0 Å². The van der Waals surface area contributed by atoms with Gasteiger partial charge in [-0.05, 0) is 109 Å². The second-order valence-corrected chi connectivity index (χ2v) is 11.6. The van der Waals surface area contributed by atoms with Crippen LogP contribution in [0.25, 0.3) is 11.1 Å². The van der Waals surface area contributed by atoms with Crippen molar-refractivity contribution in [3.8, 4) is 51.4 Å². The van der Waals surface area contributed by atoms with E-state index in [-0.39, 0.29) is 17.8 Å². The van der Waals surface area contributed by atoms with Crippen LogP contribution in [-0.4, -0.2) is 46.6 Å². The largest absolute Gasteiger partial charge is 0.507 e. The minimum atomic E-state index is -0.0786. The number of ether oxygens (including phenoxy) is 5. The summed E-state index contributed by atoms with van der Waals surface area (Å²) in [4.78, 5) is 0. The van der Waals surface area contributed by atoms with Crippen molar-refractivity contribution < 1.29 is 28.8 Å². The Hall–Kier alpha value is -4.40. The summed E-state index contributed by atoms with van der Waals surface area (Å²) in [5.41, 5.74) is 8.41. The number of rotatable bonds is 4. The van der Waals surface area contributed by atoms with Gasteiger partial charge in [0.25, 0.3) is 0 Å². The standard InChI is InChI=1S/C36H38N2O6/c1-40-30-8-6-21-14-26(30)25-13-20(5-7-29(25)39)16-28-34-23(10-12-38-28)18-33(42-3)35(43-4)36(34)44-32-19-24-22(17-31(32)41-2)9-11-37-27(24)15-21/h5-8,13-14,17-19,27-28,37-39H,9-12,15-16H2,1-4H3. The summed E-state index contributed by atoms with van der Waals surface area (Å²) in [6.45, 7) is 1.67. The van der Waals surface area contributed by atoms with E-state index in [1.165, 1.54) is 11.1 Å². The summed E-state index contributed by atoms with van der Waals surface area (Å²) >= 11 is 0. The summed E-state index contributed by atoms with van der Waals surface area (Å²) in [6, 6.07) is 18.3. The molecular formula is C36H38N2O6. The number of methoxy groups -OCH3 is 4. The third-order valence-corrected chi connectivity index (χ3v) is 9.18. The van der Waals surface area contributed by atoms with Gasteiger partial charge in [0.05, 0.1) is 28.4 Å². The van der Waals surface area contributed by atoms with E-state index < -0.39 is 0 Å². The number of nitrogens with one attached hydrogen (secondary N) is 2. The number of hydrogen-bond donors (Lipinski definition) is 3. The van der Waals surface area contributed by atoms with Crippen LogP contribution in [0.4, 0.5) is 0 Å². The fourth-order valence-corrected chi connectivity index (χ4v) is 7.04. The first-order valence-corrected chi connectivity index (χ1v) is 15.1. The second kappa shape index (κ2) is 11.6. The lowest BCUT2D eigenvalue weighted by Crippen LogP contribution is -2.32. The molecule has 2 unspecified atom stereocenters. The number of phenols is 1. The van der Waals surface area contributed by atoms with Gasteiger partial charge < -0.3 is 39.4 Å². The molecule has 4 aromatic carbocycles. The van der Waals surface area contributed by atoms with Gasteiger partial charge in [-0.15, -0.1) is 0 Å². The Morgan fingerprint density at radius 1 is 0.682 bits per heavy atom. The van der Waals surface area contributed by atoms with Gasteiger partial charge in [0.15, 0.2) is 23.0 Å².